The number of carbonyl (C=O) groups excluding carboxylic acids is 2. The van der Waals surface area contributed by atoms with E-state index in [4.69, 9.17) is 16.6 Å². The quantitative estimate of drug-likeness (QED) is 0.298. The minimum absolute atomic E-state index is 0.0315. The van der Waals surface area contributed by atoms with Crippen LogP contribution in [0.15, 0.2) is 66.6 Å². The van der Waals surface area contributed by atoms with E-state index in [9.17, 15) is 9.59 Å². The third-order valence-corrected chi connectivity index (χ3v) is 5.28. The number of carbonyl (C=O) groups is 2. The Labute approximate surface area is 193 Å². The van der Waals surface area contributed by atoms with Crippen LogP contribution in [0.5, 0.6) is 0 Å². The highest BCUT2D eigenvalue weighted by atomic mass is 35.5. The number of benzene rings is 1. The number of nitrogens with one attached hydrogen (secondary N) is 3. The number of hydrogen-bond donors (Lipinski definition) is 3. The van der Waals surface area contributed by atoms with Gasteiger partial charge in [0, 0.05) is 46.9 Å². The fourth-order valence-electron chi connectivity index (χ4n) is 3.49. The molecule has 0 spiro atoms. The number of rotatable bonds is 6. The van der Waals surface area contributed by atoms with Crippen LogP contribution < -0.4 is 16.0 Å². The lowest BCUT2D eigenvalue weighted by Crippen LogP contribution is -2.19. The Bertz CT molecular complexity index is 1400. The van der Waals surface area contributed by atoms with Gasteiger partial charge in [0.2, 0.25) is 5.91 Å². The number of hydrogen-bond acceptors (Lipinski definition) is 7. The number of aromatic nitrogens is 4. The van der Waals surface area contributed by atoms with Gasteiger partial charge in [0.15, 0.2) is 5.65 Å². The van der Waals surface area contributed by atoms with Crippen LogP contribution >= 0.6 is 11.6 Å². The van der Waals surface area contributed by atoms with Crippen molar-refractivity contribution in [1.29, 1.82) is 0 Å². The van der Waals surface area contributed by atoms with E-state index < -0.39 is 5.91 Å². The fraction of sp³-hybridized carbons (Fsp3) is 0.0870. The summed E-state index contributed by atoms with van der Waals surface area (Å²) in [6.07, 6.45) is 6.76. The average Bonchev–Trinajstić information content (AvgIpc) is 3.35. The van der Waals surface area contributed by atoms with E-state index in [1.54, 1.807) is 41.3 Å². The van der Waals surface area contributed by atoms with Gasteiger partial charge in [-0.1, -0.05) is 17.7 Å². The number of imide groups is 1. The van der Waals surface area contributed by atoms with E-state index in [1.165, 1.54) is 0 Å². The summed E-state index contributed by atoms with van der Waals surface area (Å²) >= 11 is 6.12. The monoisotopic (exact) mass is 459 g/mol. The predicted molar refractivity (Wildman–Crippen MR) is 125 cm³/mol. The van der Waals surface area contributed by atoms with Crippen molar-refractivity contribution in [1.82, 2.24) is 24.9 Å². The van der Waals surface area contributed by atoms with Crippen LogP contribution in [0.25, 0.3) is 11.7 Å². The summed E-state index contributed by atoms with van der Waals surface area (Å²) in [4.78, 5) is 32.3. The van der Waals surface area contributed by atoms with Gasteiger partial charge in [-0.05, 0) is 42.0 Å². The Morgan fingerprint density at radius 3 is 2.76 bits per heavy atom. The summed E-state index contributed by atoms with van der Waals surface area (Å²) in [6, 6.07) is 13.0. The number of amides is 2. The van der Waals surface area contributed by atoms with Crippen molar-refractivity contribution < 1.29 is 9.59 Å². The van der Waals surface area contributed by atoms with Crippen LogP contribution in [-0.4, -0.2) is 31.4 Å². The van der Waals surface area contributed by atoms with Crippen molar-refractivity contribution in [3.8, 4) is 0 Å². The van der Waals surface area contributed by atoms with Gasteiger partial charge in [-0.25, -0.2) is 4.98 Å². The SMILES string of the molecule is O=C1C/C(=C\c2cnn3c(NCc4ccncc4)cc(Nc4cccc(Cl)c4)nc23)C(=O)N1. The van der Waals surface area contributed by atoms with Gasteiger partial charge in [0.1, 0.15) is 11.6 Å². The first-order chi connectivity index (χ1) is 16.0. The van der Waals surface area contributed by atoms with Crippen molar-refractivity contribution in [3.63, 3.8) is 0 Å². The molecule has 5 rings (SSSR count). The molecule has 0 atom stereocenters. The molecule has 0 radical (unpaired) electrons. The third-order valence-electron chi connectivity index (χ3n) is 5.04. The van der Waals surface area contributed by atoms with Gasteiger partial charge in [-0.15, -0.1) is 0 Å². The van der Waals surface area contributed by atoms with E-state index >= 15 is 0 Å². The molecule has 33 heavy (non-hydrogen) atoms. The smallest absolute Gasteiger partial charge is 0.254 e. The number of halogens is 1. The second kappa shape index (κ2) is 8.71. The molecule has 1 aliphatic heterocycles. The normalized spacial score (nSPS) is 14.6. The lowest BCUT2D eigenvalue weighted by atomic mass is 10.1. The van der Waals surface area contributed by atoms with Gasteiger partial charge in [0.05, 0.1) is 12.6 Å². The summed E-state index contributed by atoms with van der Waals surface area (Å²) in [5.41, 5.74) is 3.35. The lowest BCUT2D eigenvalue weighted by Gasteiger charge is -2.12. The zero-order valence-electron chi connectivity index (χ0n) is 17.2. The Kier molecular flexibility index (Phi) is 5.45. The zero-order chi connectivity index (χ0) is 22.8. The molecule has 4 heterocycles. The molecular weight excluding hydrogens is 442 g/mol. The van der Waals surface area contributed by atoms with Gasteiger partial charge >= 0.3 is 0 Å². The van der Waals surface area contributed by atoms with Gasteiger partial charge in [0.25, 0.3) is 5.91 Å². The zero-order valence-corrected chi connectivity index (χ0v) is 18.0. The molecular formula is C23H18ClN7O2. The molecule has 1 aromatic carbocycles. The van der Waals surface area contributed by atoms with Crippen LogP contribution in [0, 0.1) is 0 Å². The highest BCUT2D eigenvalue weighted by Gasteiger charge is 2.24. The Morgan fingerprint density at radius 1 is 1.15 bits per heavy atom. The van der Waals surface area contributed by atoms with Crippen molar-refractivity contribution in [2.75, 3.05) is 10.6 Å². The summed E-state index contributed by atoms with van der Waals surface area (Å²) in [7, 11) is 0. The summed E-state index contributed by atoms with van der Waals surface area (Å²) in [5, 5.41) is 14.0. The van der Waals surface area contributed by atoms with Crippen molar-refractivity contribution in [2.24, 2.45) is 0 Å². The standard InChI is InChI=1S/C23H18ClN7O2/c24-17-2-1-3-18(10-17)28-19-11-20(26-12-14-4-6-25-7-5-14)31-22(29-19)16(13-27-31)8-15-9-21(32)30-23(15)33/h1-8,10-11,13,26H,9,12H2,(H,28,29)(H,30,32,33)/b15-8+. The second-order valence-corrected chi connectivity index (χ2v) is 7.87. The Morgan fingerprint density at radius 2 is 2.00 bits per heavy atom. The molecule has 4 aromatic rings. The molecule has 0 saturated carbocycles. The Hall–Kier alpha value is -4.24. The first-order valence-electron chi connectivity index (χ1n) is 10.1. The molecule has 164 valence electrons. The molecule has 1 fully saturated rings. The summed E-state index contributed by atoms with van der Waals surface area (Å²) < 4.78 is 1.66. The molecule has 0 bridgehead atoms. The minimum atomic E-state index is -0.399. The van der Waals surface area contributed by atoms with E-state index in [0.717, 1.165) is 11.3 Å². The molecule has 0 aliphatic carbocycles. The minimum Gasteiger partial charge on any atom is -0.366 e. The maximum atomic E-state index is 12.0. The van der Waals surface area contributed by atoms with Crippen LogP contribution in [-0.2, 0) is 16.1 Å². The molecule has 3 N–H and O–H groups in total. The second-order valence-electron chi connectivity index (χ2n) is 7.43. The van der Waals surface area contributed by atoms with Crippen LogP contribution in [0.1, 0.15) is 17.5 Å². The maximum Gasteiger partial charge on any atom is 0.254 e. The van der Waals surface area contributed by atoms with Crippen LogP contribution in [0.3, 0.4) is 0 Å². The molecule has 10 heteroatoms. The first kappa shape index (κ1) is 20.7. The van der Waals surface area contributed by atoms with Crippen LogP contribution in [0.4, 0.5) is 17.3 Å². The highest BCUT2D eigenvalue weighted by Crippen LogP contribution is 2.25. The van der Waals surface area contributed by atoms with Gasteiger partial charge in [-0.2, -0.15) is 9.61 Å². The number of fused-ring (bicyclic) bond motifs is 1. The molecule has 0 unspecified atom stereocenters. The van der Waals surface area contributed by atoms with E-state index in [-0.39, 0.29) is 12.3 Å². The largest absolute Gasteiger partial charge is 0.366 e. The highest BCUT2D eigenvalue weighted by molar-refractivity contribution is 6.30. The molecule has 2 amide bonds. The molecule has 1 aliphatic rings. The maximum absolute atomic E-state index is 12.0. The topological polar surface area (TPSA) is 113 Å². The van der Waals surface area contributed by atoms with E-state index in [0.29, 0.717) is 40.0 Å². The first-order valence-corrected chi connectivity index (χ1v) is 10.5. The predicted octanol–water partition coefficient (Wildman–Crippen LogP) is 3.56. The van der Waals surface area contributed by atoms with Crippen LogP contribution in [0.2, 0.25) is 5.02 Å². The van der Waals surface area contributed by atoms with Crippen molar-refractivity contribution in [2.45, 2.75) is 13.0 Å². The summed E-state index contributed by atoms with van der Waals surface area (Å²) in [5.74, 6) is 0.536. The Balaban J connectivity index is 1.55. The average molecular weight is 460 g/mol. The number of anilines is 3. The van der Waals surface area contributed by atoms with Gasteiger partial charge in [-0.3, -0.25) is 19.9 Å². The van der Waals surface area contributed by atoms with E-state index in [1.807, 2.05) is 30.3 Å². The number of nitrogens with zero attached hydrogens (tertiary/aromatic N) is 4. The number of pyridine rings is 1. The fourth-order valence-corrected chi connectivity index (χ4v) is 3.68. The van der Waals surface area contributed by atoms with Crippen molar-refractivity contribution in [3.05, 3.63) is 82.8 Å². The third kappa shape index (κ3) is 4.53. The lowest BCUT2D eigenvalue weighted by molar-refractivity contribution is -0.124. The molecule has 9 nitrogen and oxygen atoms in total. The van der Waals surface area contributed by atoms with Gasteiger partial charge < -0.3 is 10.6 Å². The van der Waals surface area contributed by atoms with Crippen molar-refractivity contribution >= 4 is 52.5 Å². The molecule has 1 saturated heterocycles. The molecule has 3 aromatic heterocycles. The van der Waals surface area contributed by atoms with E-state index in [2.05, 4.69) is 26.0 Å². The summed E-state index contributed by atoms with van der Waals surface area (Å²) in [6.45, 7) is 0.547.